The van der Waals surface area contributed by atoms with Gasteiger partial charge in [-0.15, -0.1) is 0 Å². The van der Waals surface area contributed by atoms with Gasteiger partial charge in [0.2, 0.25) is 0 Å². The molecule has 0 aliphatic rings. The molecule has 0 atom stereocenters. The number of phenols is 1. The van der Waals surface area contributed by atoms with Gasteiger partial charge in [0, 0.05) is 22.7 Å². The Hall–Kier alpha value is -3.35. The zero-order valence-electron chi connectivity index (χ0n) is 14.1. The van der Waals surface area contributed by atoms with E-state index in [-0.39, 0.29) is 11.9 Å². The number of aromatic nitrogens is 1. The van der Waals surface area contributed by atoms with Crippen molar-refractivity contribution >= 4 is 22.8 Å². The minimum absolute atomic E-state index is 0.204. The van der Waals surface area contributed by atoms with E-state index in [4.69, 9.17) is 9.84 Å². The number of halogens is 1. The highest BCUT2D eigenvalue weighted by Crippen LogP contribution is 2.32. The second kappa shape index (κ2) is 6.51. The summed E-state index contributed by atoms with van der Waals surface area (Å²) in [6.07, 6.45) is -0.351. The molecule has 2 aromatic carbocycles. The fraction of sp³-hybridized carbons (Fsp3) is 0.158. The number of ether oxygens (including phenoxy) is 1. The van der Waals surface area contributed by atoms with Crippen LogP contribution in [0, 0.1) is 12.7 Å². The van der Waals surface area contributed by atoms with Crippen LogP contribution in [0.5, 0.6) is 11.5 Å². The third-order valence-corrected chi connectivity index (χ3v) is 4.27. The second-order valence-electron chi connectivity index (χ2n) is 5.82. The molecule has 0 aliphatic heterocycles. The van der Waals surface area contributed by atoms with Crippen molar-refractivity contribution in [2.24, 2.45) is 0 Å². The number of carboxylic acid groups (broad SMARTS) is 1. The average Bonchev–Trinajstić information content (AvgIpc) is 2.86. The van der Waals surface area contributed by atoms with Crippen molar-refractivity contribution in [2.75, 3.05) is 7.11 Å². The number of fused-ring (bicyclic) bond motifs is 1. The SMILES string of the molecule is COc1ccc(C(=O)n2c(C)c(CC(=O)O)c3cc(O)c(F)cc32)cc1. The van der Waals surface area contributed by atoms with E-state index < -0.39 is 23.4 Å². The number of hydrogen-bond donors (Lipinski definition) is 2. The molecule has 0 saturated carbocycles. The van der Waals surface area contributed by atoms with E-state index in [0.29, 0.717) is 28.0 Å². The summed E-state index contributed by atoms with van der Waals surface area (Å²) in [5, 5.41) is 19.1. The Labute approximate surface area is 148 Å². The van der Waals surface area contributed by atoms with Crippen LogP contribution in [-0.4, -0.2) is 33.8 Å². The maximum Gasteiger partial charge on any atom is 0.307 e. The van der Waals surface area contributed by atoms with Crippen LogP contribution in [-0.2, 0) is 11.2 Å². The third kappa shape index (κ3) is 2.88. The van der Waals surface area contributed by atoms with Crippen LogP contribution in [0.25, 0.3) is 10.9 Å². The van der Waals surface area contributed by atoms with Gasteiger partial charge in [-0.05, 0) is 42.8 Å². The minimum atomic E-state index is -1.09. The van der Waals surface area contributed by atoms with Gasteiger partial charge in [0.1, 0.15) is 5.75 Å². The first-order chi connectivity index (χ1) is 12.3. The highest BCUT2D eigenvalue weighted by Gasteiger charge is 2.23. The number of nitrogens with zero attached hydrogens (tertiary/aromatic N) is 1. The number of phenolic OH excluding ortho intramolecular Hbond substituents is 1. The third-order valence-electron chi connectivity index (χ3n) is 4.27. The lowest BCUT2D eigenvalue weighted by Crippen LogP contribution is -2.14. The molecule has 134 valence electrons. The molecule has 1 aromatic heterocycles. The summed E-state index contributed by atoms with van der Waals surface area (Å²) in [5.41, 5.74) is 1.27. The molecule has 6 nitrogen and oxygen atoms in total. The molecule has 0 radical (unpaired) electrons. The molecule has 1 heterocycles. The monoisotopic (exact) mass is 357 g/mol. The Bertz CT molecular complexity index is 1020. The highest BCUT2D eigenvalue weighted by atomic mass is 19.1. The number of benzene rings is 2. The van der Waals surface area contributed by atoms with Crippen molar-refractivity contribution in [3.8, 4) is 11.5 Å². The molecular formula is C19H16FNO5. The van der Waals surface area contributed by atoms with E-state index in [0.717, 1.165) is 12.1 Å². The second-order valence-corrected chi connectivity index (χ2v) is 5.82. The Morgan fingerprint density at radius 3 is 2.42 bits per heavy atom. The largest absolute Gasteiger partial charge is 0.505 e. The summed E-state index contributed by atoms with van der Waals surface area (Å²) < 4.78 is 20.2. The van der Waals surface area contributed by atoms with Crippen LogP contribution < -0.4 is 4.74 Å². The summed E-state index contributed by atoms with van der Waals surface area (Å²) >= 11 is 0. The molecule has 7 heteroatoms. The number of aromatic hydroxyl groups is 1. The highest BCUT2D eigenvalue weighted by molar-refractivity contribution is 6.05. The number of carboxylic acids is 1. The molecular weight excluding hydrogens is 341 g/mol. The molecule has 0 unspecified atom stereocenters. The number of hydrogen-bond acceptors (Lipinski definition) is 4. The maximum absolute atomic E-state index is 13.9. The topological polar surface area (TPSA) is 88.8 Å². The standard InChI is InChI=1S/C19H16FNO5/c1-10-13(8-18(23)24)14-7-17(22)15(20)9-16(14)21(10)19(25)11-3-5-12(26-2)6-4-11/h3-7,9,22H,8H2,1-2H3,(H,23,24). The predicted molar refractivity (Wildman–Crippen MR) is 92.4 cm³/mol. The first-order valence-corrected chi connectivity index (χ1v) is 7.76. The van der Waals surface area contributed by atoms with E-state index in [1.807, 2.05) is 0 Å². The van der Waals surface area contributed by atoms with Crippen molar-refractivity contribution < 1.29 is 28.9 Å². The minimum Gasteiger partial charge on any atom is -0.505 e. The summed E-state index contributed by atoms with van der Waals surface area (Å²) in [5.74, 6) is -2.43. The first-order valence-electron chi connectivity index (χ1n) is 7.76. The number of rotatable bonds is 4. The molecule has 0 amide bonds. The Balaban J connectivity index is 2.23. The van der Waals surface area contributed by atoms with E-state index in [9.17, 15) is 19.1 Å². The van der Waals surface area contributed by atoms with Crippen LogP contribution in [0.1, 0.15) is 21.6 Å². The van der Waals surface area contributed by atoms with Crippen LogP contribution in [0.3, 0.4) is 0 Å². The van der Waals surface area contributed by atoms with Gasteiger partial charge in [-0.25, -0.2) is 4.39 Å². The Morgan fingerprint density at radius 1 is 1.19 bits per heavy atom. The number of carbonyl (C=O) groups is 2. The fourth-order valence-electron chi connectivity index (χ4n) is 2.99. The van der Waals surface area contributed by atoms with Crippen LogP contribution in [0.4, 0.5) is 4.39 Å². The van der Waals surface area contributed by atoms with Crippen molar-refractivity contribution in [1.82, 2.24) is 4.57 Å². The lowest BCUT2D eigenvalue weighted by atomic mass is 10.1. The first kappa shape index (κ1) is 17.5. The quantitative estimate of drug-likeness (QED) is 0.749. The molecule has 0 spiro atoms. The van der Waals surface area contributed by atoms with Gasteiger partial charge in [-0.3, -0.25) is 14.2 Å². The Kier molecular flexibility index (Phi) is 4.38. The maximum atomic E-state index is 13.9. The predicted octanol–water partition coefficient (Wildman–Crippen LogP) is 3.12. The molecule has 2 N–H and O–H groups in total. The summed E-state index contributed by atoms with van der Waals surface area (Å²) in [6, 6.07) is 8.57. The summed E-state index contributed by atoms with van der Waals surface area (Å²) in [7, 11) is 1.51. The number of methoxy groups -OCH3 is 1. The van der Waals surface area contributed by atoms with Gasteiger partial charge in [-0.2, -0.15) is 0 Å². The van der Waals surface area contributed by atoms with E-state index in [1.54, 1.807) is 31.2 Å². The number of aliphatic carboxylic acids is 1. The van der Waals surface area contributed by atoms with Gasteiger partial charge < -0.3 is 14.9 Å². The van der Waals surface area contributed by atoms with Crippen LogP contribution >= 0.6 is 0 Å². The fourth-order valence-corrected chi connectivity index (χ4v) is 2.99. The lowest BCUT2D eigenvalue weighted by molar-refractivity contribution is -0.136. The van der Waals surface area contributed by atoms with Crippen molar-refractivity contribution in [1.29, 1.82) is 0 Å². The summed E-state index contributed by atoms with van der Waals surface area (Å²) in [6.45, 7) is 1.59. The zero-order chi connectivity index (χ0) is 19.0. The van der Waals surface area contributed by atoms with Gasteiger partial charge in [-0.1, -0.05) is 0 Å². The zero-order valence-corrected chi connectivity index (χ0v) is 14.1. The van der Waals surface area contributed by atoms with E-state index in [1.165, 1.54) is 11.7 Å². The van der Waals surface area contributed by atoms with Gasteiger partial charge in [0.25, 0.3) is 5.91 Å². The van der Waals surface area contributed by atoms with Crippen molar-refractivity contribution in [2.45, 2.75) is 13.3 Å². The Morgan fingerprint density at radius 2 is 1.85 bits per heavy atom. The molecule has 0 aliphatic carbocycles. The normalized spacial score (nSPS) is 10.9. The number of carbonyl (C=O) groups excluding carboxylic acids is 1. The van der Waals surface area contributed by atoms with E-state index in [2.05, 4.69) is 0 Å². The van der Waals surface area contributed by atoms with Crippen molar-refractivity contribution in [3.63, 3.8) is 0 Å². The van der Waals surface area contributed by atoms with Crippen LogP contribution in [0.2, 0.25) is 0 Å². The van der Waals surface area contributed by atoms with Crippen molar-refractivity contribution in [3.05, 3.63) is 59.0 Å². The molecule has 0 fully saturated rings. The van der Waals surface area contributed by atoms with Gasteiger partial charge in [0.15, 0.2) is 11.6 Å². The summed E-state index contributed by atoms with van der Waals surface area (Å²) in [4.78, 5) is 24.2. The van der Waals surface area contributed by atoms with Crippen LogP contribution in [0.15, 0.2) is 36.4 Å². The smallest absolute Gasteiger partial charge is 0.307 e. The van der Waals surface area contributed by atoms with Gasteiger partial charge >= 0.3 is 5.97 Å². The average molecular weight is 357 g/mol. The van der Waals surface area contributed by atoms with E-state index >= 15 is 0 Å². The molecule has 0 bridgehead atoms. The molecule has 0 saturated heterocycles. The molecule has 26 heavy (non-hydrogen) atoms. The molecule has 3 aromatic rings. The lowest BCUT2D eigenvalue weighted by Gasteiger charge is -2.08. The van der Waals surface area contributed by atoms with Gasteiger partial charge in [0.05, 0.1) is 19.0 Å². The molecule has 3 rings (SSSR count).